The van der Waals surface area contributed by atoms with E-state index in [-0.39, 0.29) is 11.9 Å². The lowest BCUT2D eigenvalue weighted by Crippen LogP contribution is -2.38. The predicted molar refractivity (Wildman–Crippen MR) is 120 cm³/mol. The molecule has 0 aromatic carbocycles. The molecule has 1 unspecified atom stereocenters. The molecule has 3 aromatic rings. The molecule has 0 bridgehead atoms. The summed E-state index contributed by atoms with van der Waals surface area (Å²) in [5, 5.41) is 17.4. The normalized spacial score (nSPS) is 16.7. The lowest BCUT2D eigenvalue weighted by molar-refractivity contribution is -0.129. The van der Waals surface area contributed by atoms with Gasteiger partial charge in [0.2, 0.25) is 11.0 Å². The first-order valence-electron chi connectivity index (χ1n) is 10.4. The van der Waals surface area contributed by atoms with Crippen LogP contribution in [0.25, 0.3) is 6.08 Å². The Bertz CT molecular complexity index is 1090. The smallest absolute Gasteiger partial charge is 0.247 e. The predicted octanol–water partition coefficient (Wildman–Crippen LogP) is 3.44. The Morgan fingerprint density at radius 3 is 2.94 bits per heavy atom. The first-order chi connectivity index (χ1) is 15.0. The number of carbonyl (C=O) groups excluding carboxylic acids is 1. The third-order valence-electron chi connectivity index (χ3n) is 5.22. The highest BCUT2D eigenvalue weighted by Crippen LogP contribution is 2.30. The maximum atomic E-state index is 13.0. The zero-order chi connectivity index (χ0) is 21.8. The number of likely N-dealkylation sites (tertiary alicyclic amines) is 1. The Balaban J connectivity index is 1.55. The number of aryl methyl sites for hydroxylation is 3. The summed E-state index contributed by atoms with van der Waals surface area (Å²) in [5.41, 5.74) is 1.72. The van der Waals surface area contributed by atoms with Crippen molar-refractivity contribution >= 4 is 34.3 Å². The molecule has 31 heavy (non-hydrogen) atoms. The van der Waals surface area contributed by atoms with Crippen molar-refractivity contribution in [3.05, 3.63) is 46.6 Å². The van der Waals surface area contributed by atoms with E-state index in [2.05, 4.69) is 32.5 Å². The molecular formula is C21H26N8OS. The molecule has 1 fully saturated rings. The maximum Gasteiger partial charge on any atom is 0.247 e. The minimum atomic E-state index is -0.154. The second kappa shape index (κ2) is 9.34. The van der Waals surface area contributed by atoms with Crippen LogP contribution in [-0.2, 0) is 18.3 Å². The average Bonchev–Trinajstić information content (AvgIpc) is 3.40. The molecular weight excluding hydrogens is 412 g/mol. The summed E-state index contributed by atoms with van der Waals surface area (Å²) in [6, 6.07) is 3.60. The van der Waals surface area contributed by atoms with Crippen LogP contribution in [0.4, 0.5) is 10.9 Å². The van der Waals surface area contributed by atoms with Crippen LogP contribution < -0.4 is 5.32 Å². The van der Waals surface area contributed by atoms with Gasteiger partial charge in [0.1, 0.15) is 10.8 Å². The summed E-state index contributed by atoms with van der Waals surface area (Å²) in [6.07, 6.45) is 8.82. The second-order valence-electron chi connectivity index (χ2n) is 7.49. The van der Waals surface area contributed by atoms with Crippen LogP contribution in [0.15, 0.2) is 24.4 Å². The Morgan fingerprint density at radius 1 is 1.32 bits per heavy atom. The minimum Gasteiger partial charge on any atom is -0.329 e. The van der Waals surface area contributed by atoms with Gasteiger partial charge in [0.15, 0.2) is 5.82 Å². The molecule has 4 rings (SSSR count). The molecule has 3 aromatic heterocycles. The summed E-state index contributed by atoms with van der Waals surface area (Å²) in [5.74, 6) is 1.29. The van der Waals surface area contributed by atoms with Crippen LogP contribution in [0, 0.1) is 6.92 Å². The molecule has 1 N–H and O–H groups in total. The molecule has 10 heteroatoms. The summed E-state index contributed by atoms with van der Waals surface area (Å²) in [6.45, 7) is 4.68. The zero-order valence-corrected chi connectivity index (χ0v) is 18.8. The molecule has 9 nitrogen and oxygen atoms in total. The largest absolute Gasteiger partial charge is 0.329 e. The molecule has 0 saturated carbocycles. The Hall–Kier alpha value is -3.14. The van der Waals surface area contributed by atoms with E-state index >= 15 is 0 Å². The number of amides is 1. The van der Waals surface area contributed by atoms with Gasteiger partial charge >= 0.3 is 0 Å². The van der Waals surface area contributed by atoms with Gasteiger partial charge in [0, 0.05) is 37.6 Å². The number of rotatable bonds is 6. The number of piperidine rings is 1. The number of nitrogens with zero attached hydrogens (tertiary/aromatic N) is 7. The maximum absolute atomic E-state index is 13.0. The van der Waals surface area contributed by atoms with Gasteiger partial charge in [0.25, 0.3) is 0 Å². The van der Waals surface area contributed by atoms with Crippen LogP contribution in [0.1, 0.15) is 54.4 Å². The first kappa shape index (κ1) is 21.1. The monoisotopic (exact) mass is 438 g/mol. The van der Waals surface area contributed by atoms with Crippen LogP contribution in [0.3, 0.4) is 0 Å². The van der Waals surface area contributed by atoms with Crippen molar-refractivity contribution in [2.45, 2.75) is 45.6 Å². The molecule has 0 spiro atoms. The summed E-state index contributed by atoms with van der Waals surface area (Å²) in [4.78, 5) is 24.3. The summed E-state index contributed by atoms with van der Waals surface area (Å²) in [7, 11) is 1.85. The molecule has 1 aliphatic rings. The van der Waals surface area contributed by atoms with Gasteiger partial charge in [-0.3, -0.25) is 9.48 Å². The quantitative estimate of drug-likeness (QED) is 0.588. The SMILES string of the molecule is CCc1nnc(Nc2cc(C)nc(C3CCCCN3C(=O)C=Cc3ccnn3C)n2)s1. The van der Waals surface area contributed by atoms with E-state index in [1.807, 2.05) is 31.0 Å². The molecule has 162 valence electrons. The van der Waals surface area contributed by atoms with Crippen molar-refractivity contribution < 1.29 is 4.79 Å². The summed E-state index contributed by atoms with van der Waals surface area (Å²) < 4.78 is 1.73. The van der Waals surface area contributed by atoms with E-state index in [0.29, 0.717) is 23.3 Å². The molecule has 1 atom stereocenters. The van der Waals surface area contributed by atoms with Crippen LogP contribution in [0.5, 0.6) is 0 Å². The first-order valence-corrected chi connectivity index (χ1v) is 11.3. The van der Waals surface area contributed by atoms with E-state index in [9.17, 15) is 4.79 Å². The van der Waals surface area contributed by atoms with Crippen molar-refractivity contribution in [2.24, 2.45) is 7.05 Å². The highest BCUT2D eigenvalue weighted by Gasteiger charge is 2.29. The zero-order valence-electron chi connectivity index (χ0n) is 17.9. The van der Waals surface area contributed by atoms with Crippen molar-refractivity contribution in [3.8, 4) is 0 Å². The fourth-order valence-corrected chi connectivity index (χ4v) is 4.31. The number of hydrogen-bond donors (Lipinski definition) is 1. The van der Waals surface area contributed by atoms with Crippen molar-refractivity contribution in [1.82, 2.24) is 34.8 Å². The number of nitrogens with one attached hydrogen (secondary N) is 1. The lowest BCUT2D eigenvalue weighted by atomic mass is 10.0. The van der Waals surface area contributed by atoms with Gasteiger partial charge in [-0.15, -0.1) is 10.2 Å². The van der Waals surface area contributed by atoms with E-state index in [0.717, 1.165) is 42.1 Å². The standard InChI is InChI=1S/C21H26N8OS/c1-4-18-26-27-21(31-18)25-17-13-14(2)23-20(24-17)16-7-5-6-12-29(16)19(30)9-8-15-10-11-22-28(15)3/h8-11,13,16H,4-7,12H2,1-3H3,(H,23,24,25,27). The molecule has 0 aliphatic carbocycles. The molecule has 1 aliphatic heterocycles. The Morgan fingerprint density at radius 2 is 2.19 bits per heavy atom. The third kappa shape index (κ3) is 4.96. The number of hydrogen-bond acceptors (Lipinski definition) is 8. The van der Waals surface area contributed by atoms with E-state index in [1.165, 1.54) is 11.3 Å². The van der Waals surface area contributed by atoms with Gasteiger partial charge in [0.05, 0.1) is 11.7 Å². The van der Waals surface area contributed by atoms with E-state index in [1.54, 1.807) is 23.0 Å². The van der Waals surface area contributed by atoms with Crippen molar-refractivity contribution in [2.75, 3.05) is 11.9 Å². The highest BCUT2D eigenvalue weighted by molar-refractivity contribution is 7.15. The van der Waals surface area contributed by atoms with Crippen LogP contribution in [0.2, 0.25) is 0 Å². The summed E-state index contributed by atoms with van der Waals surface area (Å²) >= 11 is 1.51. The number of anilines is 2. The Kier molecular flexibility index (Phi) is 6.36. The van der Waals surface area contributed by atoms with Gasteiger partial charge in [-0.25, -0.2) is 9.97 Å². The molecule has 1 saturated heterocycles. The fraction of sp³-hybridized carbons (Fsp3) is 0.429. The third-order valence-corrected chi connectivity index (χ3v) is 6.20. The molecule has 4 heterocycles. The second-order valence-corrected chi connectivity index (χ2v) is 8.55. The molecule has 1 amide bonds. The minimum absolute atomic E-state index is 0.0396. The van der Waals surface area contributed by atoms with Crippen LogP contribution in [-0.4, -0.2) is 47.3 Å². The van der Waals surface area contributed by atoms with Gasteiger partial charge in [-0.2, -0.15) is 5.10 Å². The van der Waals surface area contributed by atoms with Crippen LogP contribution >= 0.6 is 11.3 Å². The van der Waals surface area contributed by atoms with Gasteiger partial charge in [-0.05, 0) is 44.7 Å². The topological polar surface area (TPSA) is 102 Å². The number of carbonyl (C=O) groups is 1. The van der Waals surface area contributed by atoms with Gasteiger partial charge < -0.3 is 10.2 Å². The van der Waals surface area contributed by atoms with E-state index < -0.39 is 0 Å². The highest BCUT2D eigenvalue weighted by atomic mass is 32.1. The van der Waals surface area contributed by atoms with E-state index in [4.69, 9.17) is 4.98 Å². The Labute approximate surface area is 185 Å². The van der Waals surface area contributed by atoms with Crippen molar-refractivity contribution in [1.29, 1.82) is 0 Å². The molecule has 0 radical (unpaired) electrons. The average molecular weight is 439 g/mol. The fourth-order valence-electron chi connectivity index (χ4n) is 3.62. The number of aromatic nitrogens is 6. The van der Waals surface area contributed by atoms with Gasteiger partial charge in [-0.1, -0.05) is 18.3 Å². The van der Waals surface area contributed by atoms with Crippen molar-refractivity contribution in [3.63, 3.8) is 0 Å². The lowest BCUT2D eigenvalue weighted by Gasteiger charge is -2.34.